The monoisotopic (exact) mass is 260 g/mol. The van der Waals surface area contributed by atoms with Gasteiger partial charge in [0.25, 0.3) is 11.7 Å². The van der Waals surface area contributed by atoms with Crippen molar-refractivity contribution in [2.75, 3.05) is 13.1 Å². The van der Waals surface area contributed by atoms with E-state index in [4.69, 9.17) is 10.3 Å². The van der Waals surface area contributed by atoms with Crippen LogP contribution in [0, 0.1) is 0 Å². The molecule has 1 unspecified atom stereocenters. The molecule has 0 bridgehead atoms. The minimum atomic E-state index is -0.346. The van der Waals surface area contributed by atoms with Crippen LogP contribution in [0.25, 0.3) is 0 Å². The fourth-order valence-corrected chi connectivity index (χ4v) is 1.77. The Hall–Kier alpha value is -2.21. The highest BCUT2D eigenvalue weighted by Crippen LogP contribution is 2.21. The normalized spacial score (nSPS) is 12.1. The number of nitrogens with zero attached hydrogens (tertiary/aromatic N) is 2. The lowest BCUT2D eigenvalue weighted by atomic mass is 9.99. The van der Waals surface area contributed by atoms with E-state index in [0.717, 1.165) is 5.56 Å². The molecule has 0 aliphatic rings. The minimum absolute atomic E-state index is 0.0335. The molecule has 0 aliphatic carbocycles. The van der Waals surface area contributed by atoms with E-state index in [-0.39, 0.29) is 17.6 Å². The SMILES string of the molecule is CCNC(=O)c1noc(C(CN)c2ccccc2)n1. The average Bonchev–Trinajstić information content (AvgIpc) is 2.91. The van der Waals surface area contributed by atoms with E-state index in [0.29, 0.717) is 19.0 Å². The highest BCUT2D eigenvalue weighted by Gasteiger charge is 2.21. The van der Waals surface area contributed by atoms with Crippen molar-refractivity contribution in [1.29, 1.82) is 0 Å². The number of rotatable bonds is 5. The molecule has 2 rings (SSSR count). The number of nitrogens with two attached hydrogens (primary N) is 1. The van der Waals surface area contributed by atoms with Gasteiger partial charge >= 0.3 is 0 Å². The summed E-state index contributed by atoms with van der Waals surface area (Å²) in [5, 5.41) is 6.29. The quantitative estimate of drug-likeness (QED) is 0.833. The van der Waals surface area contributed by atoms with Gasteiger partial charge in [0.15, 0.2) is 0 Å². The van der Waals surface area contributed by atoms with Crippen LogP contribution in [0.15, 0.2) is 34.9 Å². The van der Waals surface area contributed by atoms with Crippen molar-refractivity contribution in [2.24, 2.45) is 5.73 Å². The van der Waals surface area contributed by atoms with E-state index in [9.17, 15) is 4.79 Å². The van der Waals surface area contributed by atoms with Gasteiger partial charge in [-0.1, -0.05) is 35.5 Å². The lowest BCUT2D eigenvalue weighted by Gasteiger charge is -2.09. The van der Waals surface area contributed by atoms with E-state index < -0.39 is 0 Å². The second kappa shape index (κ2) is 6.10. The zero-order chi connectivity index (χ0) is 13.7. The molecular formula is C13H16N4O2. The second-order valence-electron chi connectivity index (χ2n) is 4.01. The molecule has 1 aromatic heterocycles. The summed E-state index contributed by atoms with van der Waals surface area (Å²) in [5.74, 6) is -0.153. The summed E-state index contributed by atoms with van der Waals surface area (Å²) < 4.78 is 5.14. The average molecular weight is 260 g/mol. The van der Waals surface area contributed by atoms with E-state index in [1.807, 2.05) is 37.3 Å². The number of benzene rings is 1. The van der Waals surface area contributed by atoms with Crippen molar-refractivity contribution < 1.29 is 9.32 Å². The Morgan fingerprint density at radius 3 is 2.79 bits per heavy atom. The Balaban J connectivity index is 2.23. The summed E-state index contributed by atoms with van der Waals surface area (Å²) in [7, 11) is 0. The summed E-state index contributed by atoms with van der Waals surface area (Å²) in [6.07, 6.45) is 0. The van der Waals surface area contributed by atoms with Gasteiger partial charge in [-0.05, 0) is 12.5 Å². The Labute approximate surface area is 111 Å². The molecule has 19 heavy (non-hydrogen) atoms. The zero-order valence-corrected chi connectivity index (χ0v) is 10.7. The first kappa shape index (κ1) is 13.2. The minimum Gasteiger partial charge on any atom is -0.349 e. The number of hydrogen-bond donors (Lipinski definition) is 2. The van der Waals surface area contributed by atoms with Crippen molar-refractivity contribution in [3.63, 3.8) is 0 Å². The van der Waals surface area contributed by atoms with Crippen LogP contribution in [0.3, 0.4) is 0 Å². The first-order valence-electron chi connectivity index (χ1n) is 6.13. The van der Waals surface area contributed by atoms with Gasteiger partial charge in [-0.2, -0.15) is 4.98 Å². The van der Waals surface area contributed by atoms with Gasteiger partial charge in [-0.15, -0.1) is 0 Å². The van der Waals surface area contributed by atoms with E-state index in [1.54, 1.807) is 0 Å². The molecule has 1 atom stereocenters. The fourth-order valence-electron chi connectivity index (χ4n) is 1.77. The van der Waals surface area contributed by atoms with E-state index in [1.165, 1.54) is 0 Å². The molecule has 1 heterocycles. The van der Waals surface area contributed by atoms with Gasteiger partial charge in [0, 0.05) is 13.1 Å². The lowest BCUT2D eigenvalue weighted by Crippen LogP contribution is -2.24. The van der Waals surface area contributed by atoms with Gasteiger partial charge in [0.1, 0.15) is 0 Å². The van der Waals surface area contributed by atoms with Crippen LogP contribution in [0.2, 0.25) is 0 Å². The zero-order valence-electron chi connectivity index (χ0n) is 10.7. The van der Waals surface area contributed by atoms with Crippen LogP contribution in [0.1, 0.15) is 34.9 Å². The van der Waals surface area contributed by atoms with Gasteiger partial charge in [-0.25, -0.2) is 0 Å². The largest absolute Gasteiger partial charge is 0.349 e. The Kier molecular flexibility index (Phi) is 4.25. The van der Waals surface area contributed by atoms with Crippen LogP contribution >= 0.6 is 0 Å². The van der Waals surface area contributed by atoms with Gasteiger partial charge in [-0.3, -0.25) is 4.79 Å². The molecule has 100 valence electrons. The number of amides is 1. The number of carbonyl (C=O) groups is 1. The molecule has 0 fully saturated rings. The first-order chi connectivity index (χ1) is 9.26. The fraction of sp³-hybridized carbons (Fsp3) is 0.308. The predicted molar refractivity (Wildman–Crippen MR) is 69.6 cm³/mol. The molecule has 1 amide bonds. The summed E-state index contributed by atoms with van der Waals surface area (Å²) in [4.78, 5) is 15.7. The van der Waals surface area contributed by atoms with Crippen molar-refractivity contribution in [1.82, 2.24) is 15.5 Å². The van der Waals surface area contributed by atoms with Crippen molar-refractivity contribution in [3.05, 3.63) is 47.6 Å². The predicted octanol–water partition coefficient (Wildman–Crippen LogP) is 0.910. The Bertz CT molecular complexity index is 539. The second-order valence-corrected chi connectivity index (χ2v) is 4.01. The summed E-state index contributed by atoms with van der Waals surface area (Å²) in [5.41, 5.74) is 6.74. The first-order valence-corrected chi connectivity index (χ1v) is 6.13. The number of hydrogen-bond acceptors (Lipinski definition) is 5. The molecule has 3 N–H and O–H groups in total. The highest BCUT2D eigenvalue weighted by atomic mass is 16.5. The molecule has 0 radical (unpaired) electrons. The van der Waals surface area contributed by atoms with Crippen molar-refractivity contribution in [2.45, 2.75) is 12.8 Å². The van der Waals surface area contributed by atoms with Crippen molar-refractivity contribution >= 4 is 5.91 Å². The standard InChI is InChI=1S/C13H16N4O2/c1-2-15-12(18)11-16-13(19-17-11)10(8-14)9-6-4-3-5-7-9/h3-7,10H,2,8,14H2,1H3,(H,15,18). The number of carbonyl (C=O) groups excluding carboxylic acids is 1. The molecular weight excluding hydrogens is 244 g/mol. The van der Waals surface area contributed by atoms with Crippen LogP contribution < -0.4 is 11.1 Å². The number of nitrogens with one attached hydrogen (secondary N) is 1. The molecule has 0 aliphatic heterocycles. The molecule has 6 heteroatoms. The Morgan fingerprint density at radius 1 is 1.42 bits per heavy atom. The van der Waals surface area contributed by atoms with E-state index >= 15 is 0 Å². The van der Waals surface area contributed by atoms with Crippen molar-refractivity contribution in [3.8, 4) is 0 Å². The Morgan fingerprint density at radius 2 is 2.16 bits per heavy atom. The van der Waals surface area contributed by atoms with Crippen LogP contribution in [0.5, 0.6) is 0 Å². The molecule has 0 saturated carbocycles. The summed E-state index contributed by atoms with van der Waals surface area (Å²) in [6, 6.07) is 9.63. The molecule has 6 nitrogen and oxygen atoms in total. The van der Waals surface area contributed by atoms with Crippen LogP contribution in [-0.2, 0) is 0 Å². The van der Waals surface area contributed by atoms with Crippen LogP contribution in [0.4, 0.5) is 0 Å². The van der Waals surface area contributed by atoms with Crippen LogP contribution in [-0.4, -0.2) is 29.1 Å². The molecule has 1 aromatic carbocycles. The third-order valence-corrected chi connectivity index (χ3v) is 2.72. The third kappa shape index (κ3) is 2.97. The van der Waals surface area contributed by atoms with Gasteiger partial charge in [0.2, 0.25) is 5.89 Å². The topological polar surface area (TPSA) is 94.0 Å². The maximum Gasteiger partial charge on any atom is 0.292 e. The maximum atomic E-state index is 11.6. The van der Waals surface area contributed by atoms with Gasteiger partial charge < -0.3 is 15.6 Å². The van der Waals surface area contributed by atoms with E-state index in [2.05, 4.69) is 15.5 Å². The molecule has 0 spiro atoms. The summed E-state index contributed by atoms with van der Waals surface area (Å²) in [6.45, 7) is 2.67. The highest BCUT2D eigenvalue weighted by molar-refractivity contribution is 5.90. The molecule has 0 saturated heterocycles. The number of aromatic nitrogens is 2. The molecule has 2 aromatic rings. The smallest absolute Gasteiger partial charge is 0.292 e. The third-order valence-electron chi connectivity index (χ3n) is 2.72. The summed E-state index contributed by atoms with van der Waals surface area (Å²) >= 11 is 0. The van der Waals surface area contributed by atoms with Gasteiger partial charge in [0.05, 0.1) is 5.92 Å². The lowest BCUT2D eigenvalue weighted by molar-refractivity contribution is 0.0942. The maximum absolute atomic E-state index is 11.6.